The molecule has 15 heavy (non-hydrogen) atoms. The average Bonchev–Trinajstić information content (AvgIpc) is 2.24. The SMILES string of the molecule is CC/C(C)=C(\C=C(/C)C(C)(C)C#N)OC. The molecule has 0 saturated heterocycles. The second-order valence-electron chi connectivity index (χ2n) is 4.27. The van der Waals surface area contributed by atoms with Crippen molar-refractivity contribution in [2.24, 2.45) is 5.41 Å². The Morgan fingerprint density at radius 3 is 2.27 bits per heavy atom. The molecule has 0 unspecified atom stereocenters. The Kier molecular flexibility index (Phi) is 5.14. The molecule has 0 bridgehead atoms. The van der Waals surface area contributed by atoms with Crippen LogP contribution in [-0.2, 0) is 4.74 Å². The molecular formula is C13H21NO. The summed E-state index contributed by atoms with van der Waals surface area (Å²) >= 11 is 0. The van der Waals surface area contributed by atoms with Crippen molar-refractivity contribution in [3.05, 3.63) is 23.0 Å². The molecule has 0 spiro atoms. The van der Waals surface area contributed by atoms with E-state index in [4.69, 9.17) is 10.00 Å². The number of nitriles is 1. The molecule has 0 atom stereocenters. The summed E-state index contributed by atoms with van der Waals surface area (Å²) in [6.07, 6.45) is 2.92. The molecule has 0 aliphatic carbocycles. The third-order valence-electron chi connectivity index (χ3n) is 2.78. The van der Waals surface area contributed by atoms with Crippen molar-refractivity contribution in [1.82, 2.24) is 0 Å². The molecule has 0 aliphatic rings. The predicted octanol–water partition coefficient (Wildman–Crippen LogP) is 3.81. The van der Waals surface area contributed by atoms with Crippen LogP contribution in [0.1, 0.15) is 41.0 Å². The second kappa shape index (κ2) is 5.60. The van der Waals surface area contributed by atoms with Gasteiger partial charge in [0.25, 0.3) is 0 Å². The molecule has 0 radical (unpaired) electrons. The van der Waals surface area contributed by atoms with Gasteiger partial charge in [0.15, 0.2) is 0 Å². The van der Waals surface area contributed by atoms with Crippen molar-refractivity contribution in [2.45, 2.75) is 41.0 Å². The monoisotopic (exact) mass is 207 g/mol. The number of allylic oxidation sites excluding steroid dienone is 3. The number of ether oxygens (including phenoxy) is 1. The van der Waals surface area contributed by atoms with Crippen LogP contribution in [0.15, 0.2) is 23.0 Å². The summed E-state index contributed by atoms with van der Waals surface area (Å²) < 4.78 is 5.31. The van der Waals surface area contributed by atoms with E-state index < -0.39 is 5.41 Å². The molecule has 0 rings (SSSR count). The first kappa shape index (κ1) is 13.8. The molecule has 0 saturated carbocycles. The van der Waals surface area contributed by atoms with Crippen LogP contribution in [0.2, 0.25) is 0 Å². The lowest BCUT2D eigenvalue weighted by Gasteiger charge is -2.17. The van der Waals surface area contributed by atoms with E-state index in [-0.39, 0.29) is 0 Å². The first-order valence-corrected chi connectivity index (χ1v) is 5.22. The average molecular weight is 207 g/mol. The fourth-order valence-corrected chi connectivity index (χ4v) is 0.996. The van der Waals surface area contributed by atoms with Gasteiger partial charge in [0.05, 0.1) is 18.6 Å². The molecule has 2 heteroatoms. The Hall–Kier alpha value is -1.23. The number of methoxy groups -OCH3 is 1. The summed E-state index contributed by atoms with van der Waals surface area (Å²) in [7, 11) is 1.66. The van der Waals surface area contributed by atoms with Crippen molar-refractivity contribution in [3.8, 4) is 6.07 Å². The minimum atomic E-state index is -0.433. The zero-order valence-electron chi connectivity index (χ0n) is 10.6. The van der Waals surface area contributed by atoms with Gasteiger partial charge in [0.2, 0.25) is 0 Å². The minimum absolute atomic E-state index is 0.433. The lowest BCUT2D eigenvalue weighted by Crippen LogP contribution is -2.10. The maximum Gasteiger partial charge on any atom is 0.117 e. The second-order valence-corrected chi connectivity index (χ2v) is 4.27. The largest absolute Gasteiger partial charge is 0.497 e. The first-order chi connectivity index (χ1) is 6.88. The molecule has 0 heterocycles. The van der Waals surface area contributed by atoms with Crippen LogP contribution in [0.4, 0.5) is 0 Å². The van der Waals surface area contributed by atoms with Crippen molar-refractivity contribution in [2.75, 3.05) is 7.11 Å². The quantitative estimate of drug-likeness (QED) is 0.518. The Labute approximate surface area is 93.2 Å². The van der Waals surface area contributed by atoms with Crippen LogP contribution in [-0.4, -0.2) is 7.11 Å². The number of hydrogen-bond donors (Lipinski definition) is 0. The van der Waals surface area contributed by atoms with Gasteiger partial charge in [-0.25, -0.2) is 0 Å². The Morgan fingerprint density at radius 1 is 1.40 bits per heavy atom. The third-order valence-corrected chi connectivity index (χ3v) is 2.78. The molecule has 0 amide bonds. The molecule has 0 aromatic heterocycles. The zero-order valence-corrected chi connectivity index (χ0v) is 10.6. The van der Waals surface area contributed by atoms with Crippen LogP contribution in [0.3, 0.4) is 0 Å². The molecule has 0 fully saturated rings. The molecule has 0 aromatic rings. The Bertz CT molecular complexity index is 316. The standard InChI is InChI=1S/C13H21NO/c1-7-10(2)12(15-6)8-11(3)13(4,5)9-14/h8H,7H2,1-6H3/b11-8+,12-10+. The van der Waals surface area contributed by atoms with Crippen LogP contribution >= 0.6 is 0 Å². The van der Waals surface area contributed by atoms with Gasteiger partial charge in [0, 0.05) is 0 Å². The van der Waals surface area contributed by atoms with Gasteiger partial charge in [-0.3, -0.25) is 0 Å². The smallest absolute Gasteiger partial charge is 0.117 e. The van der Waals surface area contributed by atoms with Crippen LogP contribution in [0, 0.1) is 16.7 Å². The van der Waals surface area contributed by atoms with Gasteiger partial charge in [-0.05, 0) is 45.8 Å². The van der Waals surface area contributed by atoms with Gasteiger partial charge < -0.3 is 4.74 Å². The van der Waals surface area contributed by atoms with Crippen LogP contribution < -0.4 is 0 Å². The highest BCUT2D eigenvalue weighted by atomic mass is 16.5. The Morgan fingerprint density at radius 2 is 1.93 bits per heavy atom. The minimum Gasteiger partial charge on any atom is -0.497 e. The van der Waals surface area contributed by atoms with E-state index in [1.54, 1.807) is 7.11 Å². The van der Waals surface area contributed by atoms with E-state index in [1.165, 1.54) is 5.57 Å². The summed E-state index contributed by atoms with van der Waals surface area (Å²) in [4.78, 5) is 0. The Balaban J connectivity index is 5.14. The zero-order chi connectivity index (χ0) is 12.1. The topological polar surface area (TPSA) is 33.0 Å². The fourth-order valence-electron chi connectivity index (χ4n) is 0.996. The van der Waals surface area contributed by atoms with Crippen molar-refractivity contribution in [3.63, 3.8) is 0 Å². The highest BCUT2D eigenvalue weighted by molar-refractivity contribution is 5.28. The summed E-state index contributed by atoms with van der Waals surface area (Å²) in [5.41, 5.74) is 1.79. The summed E-state index contributed by atoms with van der Waals surface area (Å²) in [5.74, 6) is 0.873. The number of nitrogens with zero attached hydrogens (tertiary/aromatic N) is 1. The lowest BCUT2D eigenvalue weighted by molar-refractivity contribution is 0.300. The van der Waals surface area contributed by atoms with E-state index in [9.17, 15) is 0 Å². The molecule has 0 aromatic carbocycles. The highest BCUT2D eigenvalue weighted by Crippen LogP contribution is 2.26. The van der Waals surface area contributed by atoms with E-state index in [0.29, 0.717) is 0 Å². The number of hydrogen-bond acceptors (Lipinski definition) is 2. The summed E-state index contributed by atoms with van der Waals surface area (Å²) in [5, 5.41) is 9.00. The maximum atomic E-state index is 9.00. The summed E-state index contributed by atoms with van der Waals surface area (Å²) in [6.45, 7) is 9.92. The normalized spacial score (nSPS) is 14.3. The van der Waals surface area contributed by atoms with E-state index in [0.717, 1.165) is 17.8 Å². The maximum absolute atomic E-state index is 9.00. The van der Waals surface area contributed by atoms with Crippen molar-refractivity contribution >= 4 is 0 Å². The molecule has 84 valence electrons. The lowest BCUT2D eigenvalue weighted by atomic mass is 9.86. The van der Waals surface area contributed by atoms with E-state index in [2.05, 4.69) is 13.0 Å². The van der Waals surface area contributed by atoms with Crippen molar-refractivity contribution < 1.29 is 4.74 Å². The fraction of sp³-hybridized carbons (Fsp3) is 0.615. The summed E-state index contributed by atoms with van der Waals surface area (Å²) in [6, 6.07) is 2.28. The van der Waals surface area contributed by atoms with Gasteiger partial charge in [0.1, 0.15) is 5.76 Å². The predicted molar refractivity (Wildman–Crippen MR) is 63.2 cm³/mol. The molecule has 0 aliphatic heterocycles. The van der Waals surface area contributed by atoms with Gasteiger partial charge in [-0.1, -0.05) is 12.5 Å². The molecule has 2 nitrogen and oxygen atoms in total. The van der Waals surface area contributed by atoms with Crippen LogP contribution in [0.25, 0.3) is 0 Å². The van der Waals surface area contributed by atoms with Gasteiger partial charge in [-0.15, -0.1) is 0 Å². The van der Waals surface area contributed by atoms with Crippen LogP contribution in [0.5, 0.6) is 0 Å². The number of rotatable bonds is 4. The van der Waals surface area contributed by atoms with Crippen molar-refractivity contribution in [1.29, 1.82) is 5.26 Å². The van der Waals surface area contributed by atoms with E-state index >= 15 is 0 Å². The highest BCUT2D eigenvalue weighted by Gasteiger charge is 2.19. The van der Waals surface area contributed by atoms with E-state index in [1.807, 2.05) is 33.8 Å². The third kappa shape index (κ3) is 3.79. The molecule has 0 N–H and O–H groups in total. The van der Waals surface area contributed by atoms with Gasteiger partial charge in [-0.2, -0.15) is 5.26 Å². The van der Waals surface area contributed by atoms with Gasteiger partial charge >= 0.3 is 0 Å². The first-order valence-electron chi connectivity index (χ1n) is 5.22. The molecular weight excluding hydrogens is 186 g/mol.